The molecule has 0 atom stereocenters. The van der Waals surface area contributed by atoms with Gasteiger partial charge in [0.25, 0.3) is 0 Å². The minimum Gasteiger partial charge on any atom is -0.352 e. The zero-order valence-corrected chi connectivity index (χ0v) is 17.9. The van der Waals surface area contributed by atoms with Gasteiger partial charge in [0, 0.05) is 42.5 Å². The van der Waals surface area contributed by atoms with E-state index in [0.29, 0.717) is 18.1 Å². The number of carbonyl (C=O) groups excluding carboxylic acids is 1. The van der Waals surface area contributed by atoms with Crippen molar-refractivity contribution in [1.29, 1.82) is 0 Å². The SMILES string of the molecule is Cc1cccc(NC(=O)N2CCN(c3ccc(-c4ccc(Cl)cc4)nn3)CC2)c1C. The number of anilines is 2. The molecular weight excluding hydrogens is 398 g/mol. The fourth-order valence-corrected chi connectivity index (χ4v) is 3.61. The van der Waals surface area contributed by atoms with E-state index in [-0.39, 0.29) is 6.03 Å². The Bertz CT molecular complexity index is 1030. The molecule has 3 aromatic rings. The van der Waals surface area contributed by atoms with Crippen molar-refractivity contribution in [1.82, 2.24) is 15.1 Å². The number of halogens is 1. The maximum absolute atomic E-state index is 12.7. The third-order valence-corrected chi connectivity index (χ3v) is 5.78. The van der Waals surface area contributed by atoms with E-state index in [1.165, 1.54) is 5.56 Å². The highest BCUT2D eigenvalue weighted by atomic mass is 35.5. The second-order valence-electron chi connectivity index (χ2n) is 7.44. The molecule has 1 aliphatic rings. The number of nitrogens with zero attached hydrogens (tertiary/aromatic N) is 4. The summed E-state index contributed by atoms with van der Waals surface area (Å²) in [5.74, 6) is 0.822. The fraction of sp³-hybridized carbons (Fsp3) is 0.261. The number of aryl methyl sites for hydroxylation is 1. The lowest BCUT2D eigenvalue weighted by Gasteiger charge is -2.35. The van der Waals surface area contributed by atoms with Gasteiger partial charge in [-0.25, -0.2) is 4.79 Å². The van der Waals surface area contributed by atoms with E-state index in [1.807, 2.05) is 73.3 Å². The van der Waals surface area contributed by atoms with Crippen molar-refractivity contribution in [3.05, 3.63) is 70.7 Å². The molecule has 7 heteroatoms. The van der Waals surface area contributed by atoms with Gasteiger partial charge in [0.05, 0.1) is 5.69 Å². The highest BCUT2D eigenvalue weighted by Gasteiger charge is 2.22. The van der Waals surface area contributed by atoms with Crippen molar-refractivity contribution in [2.75, 3.05) is 36.4 Å². The first-order valence-corrected chi connectivity index (χ1v) is 10.4. The number of hydrogen-bond donors (Lipinski definition) is 1. The standard InChI is InChI=1S/C23H24ClN5O/c1-16-4-3-5-20(17(16)2)25-23(30)29-14-12-28(13-15-29)22-11-10-21(26-27-22)18-6-8-19(24)9-7-18/h3-11H,12-15H2,1-2H3,(H,25,30). The van der Waals surface area contributed by atoms with Gasteiger partial charge < -0.3 is 15.1 Å². The molecular formula is C23H24ClN5O. The van der Waals surface area contributed by atoms with Crippen molar-refractivity contribution >= 4 is 29.1 Å². The molecule has 30 heavy (non-hydrogen) atoms. The number of carbonyl (C=O) groups is 1. The van der Waals surface area contributed by atoms with Gasteiger partial charge in [-0.05, 0) is 55.3 Å². The van der Waals surface area contributed by atoms with Crippen LogP contribution in [0.15, 0.2) is 54.6 Å². The summed E-state index contributed by atoms with van der Waals surface area (Å²) in [6.07, 6.45) is 0. The summed E-state index contributed by atoms with van der Waals surface area (Å²) >= 11 is 5.94. The van der Waals surface area contributed by atoms with Gasteiger partial charge in [-0.1, -0.05) is 35.9 Å². The summed E-state index contributed by atoms with van der Waals surface area (Å²) in [7, 11) is 0. The van der Waals surface area contributed by atoms with Crippen LogP contribution in [0.3, 0.4) is 0 Å². The quantitative estimate of drug-likeness (QED) is 0.661. The molecule has 4 rings (SSSR count). The van der Waals surface area contributed by atoms with Gasteiger partial charge in [0.1, 0.15) is 0 Å². The summed E-state index contributed by atoms with van der Waals surface area (Å²) < 4.78 is 0. The number of amides is 2. The molecule has 2 aromatic carbocycles. The Morgan fingerprint density at radius 3 is 2.33 bits per heavy atom. The van der Waals surface area contributed by atoms with Gasteiger partial charge in [0.2, 0.25) is 0 Å². The van der Waals surface area contributed by atoms with Crippen LogP contribution in [-0.2, 0) is 0 Å². The van der Waals surface area contributed by atoms with Gasteiger partial charge in [-0.2, -0.15) is 0 Å². The van der Waals surface area contributed by atoms with E-state index in [1.54, 1.807) is 0 Å². The monoisotopic (exact) mass is 421 g/mol. The lowest BCUT2D eigenvalue weighted by Crippen LogP contribution is -2.50. The van der Waals surface area contributed by atoms with Crippen molar-refractivity contribution in [3.63, 3.8) is 0 Å². The number of benzene rings is 2. The van der Waals surface area contributed by atoms with Gasteiger partial charge in [0.15, 0.2) is 5.82 Å². The molecule has 0 aliphatic carbocycles. The summed E-state index contributed by atoms with van der Waals surface area (Å²) in [5, 5.41) is 12.5. The molecule has 0 spiro atoms. The third kappa shape index (κ3) is 4.39. The lowest BCUT2D eigenvalue weighted by molar-refractivity contribution is 0.208. The van der Waals surface area contributed by atoms with E-state index in [9.17, 15) is 4.79 Å². The van der Waals surface area contributed by atoms with Crippen LogP contribution in [0.25, 0.3) is 11.3 Å². The second-order valence-corrected chi connectivity index (χ2v) is 7.87. The first-order chi connectivity index (χ1) is 14.5. The molecule has 154 valence electrons. The average molecular weight is 422 g/mol. The van der Waals surface area contributed by atoms with Crippen LogP contribution in [0.5, 0.6) is 0 Å². The predicted molar refractivity (Wildman–Crippen MR) is 121 cm³/mol. The molecule has 1 N–H and O–H groups in total. The molecule has 0 radical (unpaired) electrons. The first kappa shape index (κ1) is 20.2. The van der Waals surface area contributed by atoms with Crippen LogP contribution in [0.1, 0.15) is 11.1 Å². The number of urea groups is 1. The zero-order valence-electron chi connectivity index (χ0n) is 17.1. The van der Waals surface area contributed by atoms with Crippen LogP contribution in [0.4, 0.5) is 16.3 Å². The second kappa shape index (κ2) is 8.71. The summed E-state index contributed by atoms with van der Waals surface area (Å²) in [6, 6.07) is 17.4. The Labute approximate surface area is 181 Å². The molecule has 2 amide bonds. The lowest BCUT2D eigenvalue weighted by atomic mass is 10.1. The Morgan fingerprint density at radius 1 is 0.933 bits per heavy atom. The molecule has 0 unspecified atom stereocenters. The number of nitrogens with one attached hydrogen (secondary N) is 1. The molecule has 1 fully saturated rings. The normalized spacial score (nSPS) is 14.0. The van der Waals surface area contributed by atoms with E-state index in [0.717, 1.165) is 41.4 Å². The van der Waals surface area contributed by atoms with Crippen LogP contribution in [0, 0.1) is 13.8 Å². The fourth-order valence-electron chi connectivity index (χ4n) is 3.49. The minimum absolute atomic E-state index is 0.0625. The largest absolute Gasteiger partial charge is 0.352 e. The van der Waals surface area contributed by atoms with Crippen molar-refractivity contribution in [2.45, 2.75) is 13.8 Å². The molecule has 1 saturated heterocycles. The molecule has 1 aliphatic heterocycles. The van der Waals surface area contributed by atoms with E-state index < -0.39 is 0 Å². The summed E-state index contributed by atoms with van der Waals surface area (Å²) in [4.78, 5) is 16.7. The van der Waals surface area contributed by atoms with Gasteiger partial charge >= 0.3 is 6.03 Å². The Balaban J connectivity index is 1.35. The first-order valence-electron chi connectivity index (χ1n) is 9.98. The minimum atomic E-state index is -0.0625. The topological polar surface area (TPSA) is 61.4 Å². The number of piperazine rings is 1. The van der Waals surface area contributed by atoms with Crippen LogP contribution < -0.4 is 10.2 Å². The van der Waals surface area contributed by atoms with E-state index >= 15 is 0 Å². The van der Waals surface area contributed by atoms with E-state index in [2.05, 4.69) is 20.4 Å². The van der Waals surface area contributed by atoms with Crippen molar-refractivity contribution in [3.8, 4) is 11.3 Å². The van der Waals surface area contributed by atoms with Crippen molar-refractivity contribution < 1.29 is 4.79 Å². The summed E-state index contributed by atoms with van der Waals surface area (Å²) in [5.41, 5.74) is 4.92. The average Bonchev–Trinajstić information content (AvgIpc) is 2.78. The molecule has 6 nitrogen and oxygen atoms in total. The number of aromatic nitrogens is 2. The number of hydrogen-bond acceptors (Lipinski definition) is 4. The smallest absolute Gasteiger partial charge is 0.321 e. The highest BCUT2D eigenvalue weighted by molar-refractivity contribution is 6.30. The van der Waals surface area contributed by atoms with Crippen LogP contribution >= 0.6 is 11.6 Å². The van der Waals surface area contributed by atoms with Gasteiger partial charge in [-0.3, -0.25) is 0 Å². The molecule has 0 saturated carbocycles. The molecule has 0 bridgehead atoms. The Kier molecular flexibility index (Phi) is 5.86. The summed E-state index contributed by atoms with van der Waals surface area (Å²) in [6.45, 7) is 6.78. The Morgan fingerprint density at radius 2 is 1.67 bits per heavy atom. The van der Waals surface area contributed by atoms with Crippen LogP contribution in [-0.4, -0.2) is 47.3 Å². The maximum atomic E-state index is 12.7. The van der Waals surface area contributed by atoms with E-state index in [4.69, 9.17) is 11.6 Å². The highest BCUT2D eigenvalue weighted by Crippen LogP contribution is 2.22. The molecule has 1 aromatic heterocycles. The predicted octanol–water partition coefficient (Wildman–Crippen LogP) is 4.77. The Hall–Kier alpha value is -3.12. The third-order valence-electron chi connectivity index (χ3n) is 5.53. The van der Waals surface area contributed by atoms with Crippen molar-refractivity contribution in [2.24, 2.45) is 0 Å². The molecule has 2 heterocycles. The zero-order chi connectivity index (χ0) is 21.1. The van der Waals surface area contributed by atoms with Crippen LogP contribution in [0.2, 0.25) is 5.02 Å². The number of rotatable bonds is 3. The van der Waals surface area contributed by atoms with Gasteiger partial charge in [-0.15, -0.1) is 10.2 Å². The maximum Gasteiger partial charge on any atom is 0.321 e.